The molecule has 0 aromatic carbocycles. The van der Waals surface area contributed by atoms with Crippen LogP contribution in [0.1, 0.15) is 98.8 Å². The molecule has 3 heteroatoms. The number of hydrogen-bond donors (Lipinski definition) is 1. The van der Waals surface area contributed by atoms with Gasteiger partial charge < -0.3 is 10.1 Å². The average molecular weight is 396 g/mol. The van der Waals surface area contributed by atoms with Gasteiger partial charge in [-0.1, -0.05) is 83.9 Å². The molecule has 0 aliphatic rings. The summed E-state index contributed by atoms with van der Waals surface area (Å²) in [5.74, 6) is 0.118. The molecule has 0 aliphatic heterocycles. The molecular formula is C25H49NO2. The predicted molar refractivity (Wildman–Crippen MR) is 127 cm³/mol. The van der Waals surface area contributed by atoms with Crippen LogP contribution >= 0.6 is 0 Å². The van der Waals surface area contributed by atoms with Crippen molar-refractivity contribution in [3.63, 3.8) is 0 Å². The highest BCUT2D eigenvalue weighted by atomic mass is 16.5. The van der Waals surface area contributed by atoms with Crippen molar-refractivity contribution in [1.82, 2.24) is 5.32 Å². The molecule has 0 radical (unpaired) electrons. The molecule has 166 valence electrons. The second kappa shape index (κ2) is 33.3. The number of allylic oxidation sites excluding steroid dienone is 6. The van der Waals surface area contributed by atoms with Crippen LogP contribution in [0.5, 0.6) is 0 Å². The molecule has 1 N–H and O–H groups in total. The van der Waals surface area contributed by atoms with Crippen LogP contribution in [0.15, 0.2) is 36.5 Å². The highest BCUT2D eigenvalue weighted by Gasteiger charge is 1.98. The van der Waals surface area contributed by atoms with Crippen molar-refractivity contribution in [2.24, 2.45) is 0 Å². The van der Waals surface area contributed by atoms with E-state index in [2.05, 4.69) is 62.5 Å². The maximum absolute atomic E-state index is 11.2. The SMILES string of the molecule is CC.CC/C=C\C/C=C\CCCCC.CC/C=C\CCCC(=O)NCCOC. The lowest BCUT2D eigenvalue weighted by Gasteiger charge is -2.02. The zero-order chi connectivity index (χ0) is 21.7. The van der Waals surface area contributed by atoms with Gasteiger partial charge in [-0.15, -0.1) is 0 Å². The van der Waals surface area contributed by atoms with Crippen molar-refractivity contribution in [2.75, 3.05) is 20.3 Å². The second-order valence-corrected chi connectivity index (χ2v) is 6.20. The summed E-state index contributed by atoms with van der Waals surface area (Å²) in [6.45, 7) is 11.7. The van der Waals surface area contributed by atoms with E-state index >= 15 is 0 Å². The summed E-state index contributed by atoms with van der Waals surface area (Å²) in [4.78, 5) is 11.2. The minimum Gasteiger partial charge on any atom is -0.383 e. The summed E-state index contributed by atoms with van der Waals surface area (Å²) in [6, 6.07) is 0. The summed E-state index contributed by atoms with van der Waals surface area (Å²) in [6.07, 6.45) is 24.4. The first-order valence-corrected chi connectivity index (χ1v) is 11.4. The Kier molecular flexibility index (Phi) is 37.2. The van der Waals surface area contributed by atoms with E-state index in [1.165, 1.54) is 25.7 Å². The topological polar surface area (TPSA) is 38.3 Å². The van der Waals surface area contributed by atoms with Crippen molar-refractivity contribution in [3.8, 4) is 0 Å². The fraction of sp³-hybridized carbons (Fsp3) is 0.720. The molecule has 3 nitrogen and oxygen atoms in total. The Morgan fingerprint density at radius 1 is 0.821 bits per heavy atom. The van der Waals surface area contributed by atoms with Crippen LogP contribution in [0.25, 0.3) is 0 Å². The molecule has 0 bridgehead atoms. The Bertz CT molecular complexity index is 360. The molecule has 0 aliphatic carbocycles. The number of methoxy groups -OCH3 is 1. The number of nitrogens with one attached hydrogen (secondary N) is 1. The highest BCUT2D eigenvalue weighted by Crippen LogP contribution is 2.00. The van der Waals surface area contributed by atoms with Crippen LogP contribution < -0.4 is 5.32 Å². The number of hydrogen-bond acceptors (Lipinski definition) is 2. The summed E-state index contributed by atoms with van der Waals surface area (Å²) in [5.41, 5.74) is 0. The van der Waals surface area contributed by atoms with E-state index in [9.17, 15) is 4.79 Å². The molecule has 28 heavy (non-hydrogen) atoms. The van der Waals surface area contributed by atoms with Crippen molar-refractivity contribution >= 4 is 5.91 Å². The zero-order valence-corrected chi connectivity index (χ0v) is 19.8. The first kappa shape index (κ1) is 31.3. The van der Waals surface area contributed by atoms with Crippen LogP contribution in [0.4, 0.5) is 0 Å². The number of ether oxygens (including phenoxy) is 1. The van der Waals surface area contributed by atoms with E-state index in [-0.39, 0.29) is 5.91 Å². The largest absolute Gasteiger partial charge is 0.383 e. The van der Waals surface area contributed by atoms with E-state index in [1.54, 1.807) is 7.11 Å². The van der Waals surface area contributed by atoms with E-state index in [0.717, 1.165) is 32.1 Å². The Morgan fingerprint density at radius 3 is 2.00 bits per heavy atom. The number of amides is 1. The fourth-order valence-corrected chi connectivity index (χ4v) is 2.11. The van der Waals surface area contributed by atoms with Crippen LogP contribution in [-0.2, 0) is 9.53 Å². The standard InChI is InChI=1S/C12H22.C11H21NO2.C2H6/c1-3-5-7-9-11-12-10-8-6-4-2;1-3-4-5-6-7-8-11(13)12-9-10-14-2;1-2/h5,7,11-12H,3-4,6,8-10H2,1-2H3;4-5H,3,6-10H2,1-2H3,(H,12,13);1-2H3/b7-5-,12-11-;5-4-;. The monoisotopic (exact) mass is 395 g/mol. The van der Waals surface area contributed by atoms with Gasteiger partial charge in [-0.3, -0.25) is 4.79 Å². The normalized spacial score (nSPS) is 10.6. The van der Waals surface area contributed by atoms with Gasteiger partial charge in [0.1, 0.15) is 0 Å². The van der Waals surface area contributed by atoms with Crippen molar-refractivity contribution in [3.05, 3.63) is 36.5 Å². The summed E-state index contributed by atoms with van der Waals surface area (Å²) in [7, 11) is 1.63. The van der Waals surface area contributed by atoms with Crippen molar-refractivity contribution in [2.45, 2.75) is 98.8 Å². The number of unbranched alkanes of at least 4 members (excludes halogenated alkanes) is 4. The number of rotatable bonds is 15. The highest BCUT2D eigenvalue weighted by molar-refractivity contribution is 5.75. The zero-order valence-electron chi connectivity index (χ0n) is 19.8. The Morgan fingerprint density at radius 2 is 1.39 bits per heavy atom. The van der Waals surface area contributed by atoms with Gasteiger partial charge >= 0.3 is 0 Å². The second-order valence-electron chi connectivity index (χ2n) is 6.20. The van der Waals surface area contributed by atoms with Gasteiger partial charge in [-0.2, -0.15) is 0 Å². The molecule has 0 aromatic rings. The van der Waals surface area contributed by atoms with Crippen LogP contribution in [0, 0.1) is 0 Å². The van der Waals surface area contributed by atoms with E-state index in [1.807, 2.05) is 13.8 Å². The third kappa shape index (κ3) is 35.7. The fourth-order valence-electron chi connectivity index (χ4n) is 2.11. The quantitative estimate of drug-likeness (QED) is 0.232. The van der Waals surface area contributed by atoms with E-state index < -0.39 is 0 Å². The first-order valence-electron chi connectivity index (χ1n) is 11.4. The Balaban J connectivity index is -0.000000414. The predicted octanol–water partition coefficient (Wildman–Crippen LogP) is 7.39. The van der Waals surface area contributed by atoms with Gasteiger partial charge in [-0.25, -0.2) is 0 Å². The smallest absolute Gasteiger partial charge is 0.220 e. The molecule has 0 atom stereocenters. The van der Waals surface area contributed by atoms with Crippen LogP contribution in [-0.4, -0.2) is 26.2 Å². The van der Waals surface area contributed by atoms with Gasteiger partial charge in [0.25, 0.3) is 0 Å². The van der Waals surface area contributed by atoms with Gasteiger partial charge in [0.05, 0.1) is 6.61 Å². The lowest BCUT2D eigenvalue weighted by molar-refractivity contribution is -0.121. The summed E-state index contributed by atoms with van der Waals surface area (Å²) in [5, 5.41) is 2.79. The van der Waals surface area contributed by atoms with Gasteiger partial charge in [0.2, 0.25) is 5.91 Å². The third-order valence-electron chi connectivity index (χ3n) is 3.62. The number of carbonyl (C=O) groups is 1. The summed E-state index contributed by atoms with van der Waals surface area (Å²) >= 11 is 0. The molecule has 0 fully saturated rings. The Hall–Kier alpha value is -1.35. The first-order chi connectivity index (χ1) is 13.7. The third-order valence-corrected chi connectivity index (χ3v) is 3.62. The van der Waals surface area contributed by atoms with E-state index in [4.69, 9.17) is 4.74 Å². The van der Waals surface area contributed by atoms with Crippen LogP contribution in [0.3, 0.4) is 0 Å². The van der Waals surface area contributed by atoms with Crippen molar-refractivity contribution in [1.29, 1.82) is 0 Å². The van der Waals surface area contributed by atoms with Gasteiger partial charge in [0, 0.05) is 20.1 Å². The minimum absolute atomic E-state index is 0.118. The molecule has 0 saturated heterocycles. The number of carbonyl (C=O) groups excluding carboxylic acids is 1. The van der Waals surface area contributed by atoms with Crippen LogP contribution in [0.2, 0.25) is 0 Å². The molecule has 0 unspecified atom stereocenters. The lowest BCUT2D eigenvalue weighted by atomic mass is 10.2. The summed E-state index contributed by atoms with van der Waals surface area (Å²) < 4.78 is 4.82. The molecular weight excluding hydrogens is 346 g/mol. The maximum Gasteiger partial charge on any atom is 0.220 e. The molecule has 0 aromatic heterocycles. The molecule has 0 rings (SSSR count). The van der Waals surface area contributed by atoms with Gasteiger partial charge in [0.15, 0.2) is 0 Å². The molecule has 0 heterocycles. The molecule has 0 saturated carbocycles. The molecule has 1 amide bonds. The van der Waals surface area contributed by atoms with Crippen molar-refractivity contribution < 1.29 is 9.53 Å². The minimum atomic E-state index is 0.118. The van der Waals surface area contributed by atoms with Gasteiger partial charge in [-0.05, 0) is 44.9 Å². The van der Waals surface area contributed by atoms with E-state index in [0.29, 0.717) is 19.6 Å². The Labute approximate surface area is 176 Å². The average Bonchev–Trinajstić information content (AvgIpc) is 2.72. The lowest BCUT2D eigenvalue weighted by Crippen LogP contribution is -2.26. The maximum atomic E-state index is 11.2. The molecule has 0 spiro atoms.